The van der Waals surface area contributed by atoms with Crippen molar-refractivity contribution < 1.29 is 4.79 Å². The maximum Gasteiger partial charge on any atom is 0.238 e. The summed E-state index contributed by atoms with van der Waals surface area (Å²) in [6.07, 6.45) is 1.63. The van der Waals surface area contributed by atoms with E-state index < -0.39 is 8.07 Å². The number of hydrogen-bond acceptors (Lipinski definition) is 2. The minimum absolute atomic E-state index is 0.477. The summed E-state index contributed by atoms with van der Waals surface area (Å²) < 4.78 is 3.78. The van der Waals surface area contributed by atoms with Gasteiger partial charge in [0.2, 0.25) is 6.08 Å². The second kappa shape index (κ2) is 4.60. The first kappa shape index (κ1) is 9.81. The Balaban J connectivity index is 4.11. The van der Waals surface area contributed by atoms with E-state index in [1.54, 1.807) is 6.08 Å². The molecule has 0 aliphatic carbocycles. The van der Waals surface area contributed by atoms with E-state index in [1.165, 1.54) is 0 Å². The Kier molecular flexibility index (Phi) is 4.51. The maximum absolute atomic E-state index is 9.95. The van der Waals surface area contributed by atoms with Crippen molar-refractivity contribution in [3.05, 3.63) is 0 Å². The predicted octanol–water partition coefficient (Wildman–Crippen LogP) is 2.54. The highest BCUT2D eigenvalue weighted by molar-refractivity contribution is 7.57. The normalized spacial score (nSPS) is 10.7. The largest absolute Gasteiger partial charge is 0.238 e. The second-order valence-electron chi connectivity index (χ2n) is 2.76. The first-order chi connectivity index (χ1) is 4.59. The Bertz CT molecular complexity index is 131. The lowest BCUT2D eigenvalue weighted by Gasteiger charge is -2.17. The maximum atomic E-state index is 9.95. The highest BCUT2D eigenvalue weighted by atomic mass is 31.1. The standard InChI is InChI=1S/C7H14NOP/c1-6(2)10(7(3)4)8-5-9/h6-7H,1-4H3. The van der Waals surface area contributed by atoms with Crippen LogP contribution in [-0.4, -0.2) is 17.4 Å². The first-order valence-electron chi connectivity index (χ1n) is 3.45. The average Bonchev–Trinajstić information content (AvgIpc) is 1.81. The highest BCUT2D eigenvalue weighted by Crippen LogP contribution is 2.46. The minimum Gasteiger partial charge on any atom is -0.211 e. The molecule has 0 fully saturated rings. The van der Waals surface area contributed by atoms with Crippen LogP contribution in [0.15, 0.2) is 4.76 Å². The lowest BCUT2D eigenvalue weighted by atomic mass is 10.5. The van der Waals surface area contributed by atoms with Crippen LogP contribution in [0.2, 0.25) is 0 Å². The van der Waals surface area contributed by atoms with Gasteiger partial charge in [0.25, 0.3) is 0 Å². The predicted molar refractivity (Wildman–Crippen MR) is 45.3 cm³/mol. The molecule has 0 radical (unpaired) electrons. The summed E-state index contributed by atoms with van der Waals surface area (Å²) >= 11 is 0. The molecule has 0 saturated carbocycles. The van der Waals surface area contributed by atoms with Crippen LogP contribution in [0.5, 0.6) is 0 Å². The molecule has 2 nitrogen and oxygen atoms in total. The quantitative estimate of drug-likeness (QED) is 0.353. The lowest BCUT2D eigenvalue weighted by Crippen LogP contribution is -2.00. The minimum atomic E-state index is -0.477. The van der Waals surface area contributed by atoms with Crippen LogP contribution in [0.1, 0.15) is 27.7 Å². The van der Waals surface area contributed by atoms with Crippen molar-refractivity contribution in [3.63, 3.8) is 0 Å². The van der Waals surface area contributed by atoms with Gasteiger partial charge in [-0.05, 0) is 11.3 Å². The zero-order valence-electron chi connectivity index (χ0n) is 6.96. The van der Waals surface area contributed by atoms with Crippen molar-refractivity contribution in [3.8, 4) is 0 Å². The van der Waals surface area contributed by atoms with Gasteiger partial charge in [0.05, 0.1) is 0 Å². The number of rotatable bonds is 3. The summed E-state index contributed by atoms with van der Waals surface area (Å²) in [7, 11) is -0.477. The molecular formula is C7H14NOP. The van der Waals surface area contributed by atoms with Gasteiger partial charge in [0, 0.05) is 8.07 Å². The Labute approximate surface area is 63.5 Å². The zero-order valence-corrected chi connectivity index (χ0v) is 7.85. The van der Waals surface area contributed by atoms with Crippen LogP contribution in [0.25, 0.3) is 0 Å². The fourth-order valence-electron chi connectivity index (χ4n) is 0.874. The van der Waals surface area contributed by atoms with Crippen molar-refractivity contribution in [2.75, 3.05) is 0 Å². The van der Waals surface area contributed by atoms with Gasteiger partial charge in [-0.1, -0.05) is 27.7 Å². The molecule has 0 atom stereocenters. The molecule has 0 unspecified atom stereocenters. The average molecular weight is 159 g/mol. The van der Waals surface area contributed by atoms with Gasteiger partial charge in [-0.2, -0.15) is 4.76 Å². The van der Waals surface area contributed by atoms with E-state index >= 15 is 0 Å². The number of hydrogen-bond donors (Lipinski definition) is 0. The molecule has 0 aromatic heterocycles. The van der Waals surface area contributed by atoms with Gasteiger partial charge in [0.15, 0.2) is 0 Å². The monoisotopic (exact) mass is 159 g/mol. The summed E-state index contributed by atoms with van der Waals surface area (Å²) in [5.74, 6) is 0. The van der Waals surface area contributed by atoms with Gasteiger partial charge in [-0.25, -0.2) is 4.79 Å². The Hall–Kier alpha value is -0.190. The summed E-state index contributed by atoms with van der Waals surface area (Å²) in [6.45, 7) is 8.36. The molecule has 0 aromatic carbocycles. The Morgan fingerprint density at radius 3 is 1.70 bits per heavy atom. The molecular weight excluding hydrogens is 145 g/mol. The van der Waals surface area contributed by atoms with Crippen LogP contribution in [0.3, 0.4) is 0 Å². The molecule has 0 bridgehead atoms. The van der Waals surface area contributed by atoms with Gasteiger partial charge in [-0.3, -0.25) is 0 Å². The molecule has 3 heteroatoms. The zero-order chi connectivity index (χ0) is 8.15. The van der Waals surface area contributed by atoms with E-state index in [0.29, 0.717) is 11.3 Å². The van der Waals surface area contributed by atoms with E-state index in [9.17, 15) is 4.79 Å². The van der Waals surface area contributed by atoms with Gasteiger partial charge >= 0.3 is 0 Å². The van der Waals surface area contributed by atoms with E-state index in [2.05, 4.69) is 32.5 Å². The van der Waals surface area contributed by atoms with Crippen molar-refractivity contribution in [2.45, 2.75) is 39.0 Å². The fraction of sp³-hybridized carbons (Fsp3) is 0.857. The second-order valence-corrected chi connectivity index (χ2v) is 5.78. The highest BCUT2D eigenvalue weighted by Gasteiger charge is 2.15. The van der Waals surface area contributed by atoms with Crippen molar-refractivity contribution in [1.29, 1.82) is 0 Å². The van der Waals surface area contributed by atoms with Gasteiger partial charge < -0.3 is 0 Å². The number of nitrogens with zero attached hydrogens (tertiary/aromatic N) is 1. The van der Waals surface area contributed by atoms with Crippen molar-refractivity contribution in [1.82, 2.24) is 0 Å². The van der Waals surface area contributed by atoms with Crippen LogP contribution in [0, 0.1) is 0 Å². The fourth-order valence-corrected chi connectivity index (χ4v) is 2.62. The molecule has 0 aliphatic rings. The third-order valence-corrected chi connectivity index (χ3v) is 3.64. The Morgan fingerprint density at radius 1 is 1.20 bits per heavy atom. The van der Waals surface area contributed by atoms with Crippen molar-refractivity contribution >= 4 is 14.2 Å². The molecule has 10 heavy (non-hydrogen) atoms. The molecule has 0 N–H and O–H groups in total. The molecule has 0 saturated heterocycles. The molecule has 0 aromatic rings. The van der Waals surface area contributed by atoms with E-state index in [4.69, 9.17) is 0 Å². The lowest BCUT2D eigenvalue weighted by molar-refractivity contribution is 0.566. The smallest absolute Gasteiger partial charge is 0.211 e. The summed E-state index contributed by atoms with van der Waals surface area (Å²) in [4.78, 5) is 9.95. The van der Waals surface area contributed by atoms with Crippen LogP contribution in [0.4, 0.5) is 0 Å². The van der Waals surface area contributed by atoms with E-state index in [-0.39, 0.29) is 0 Å². The van der Waals surface area contributed by atoms with Gasteiger partial charge in [0.1, 0.15) is 0 Å². The van der Waals surface area contributed by atoms with Crippen LogP contribution < -0.4 is 0 Å². The van der Waals surface area contributed by atoms with Crippen LogP contribution >= 0.6 is 8.07 Å². The summed E-state index contributed by atoms with van der Waals surface area (Å²) in [6, 6.07) is 0. The number of isocyanates is 1. The van der Waals surface area contributed by atoms with E-state index in [1.807, 2.05) is 0 Å². The summed E-state index contributed by atoms with van der Waals surface area (Å²) in [5.41, 5.74) is 0.993. The van der Waals surface area contributed by atoms with Crippen LogP contribution in [-0.2, 0) is 4.79 Å². The molecule has 0 amide bonds. The molecule has 0 spiro atoms. The van der Waals surface area contributed by atoms with Crippen molar-refractivity contribution in [2.24, 2.45) is 4.76 Å². The summed E-state index contributed by atoms with van der Waals surface area (Å²) in [5, 5.41) is 0. The topological polar surface area (TPSA) is 29.4 Å². The third kappa shape index (κ3) is 3.10. The van der Waals surface area contributed by atoms with Gasteiger partial charge in [-0.15, -0.1) is 0 Å². The SMILES string of the molecule is CC(C)P(N=C=O)C(C)C. The Morgan fingerprint density at radius 2 is 1.60 bits per heavy atom. The molecule has 58 valence electrons. The van der Waals surface area contributed by atoms with E-state index in [0.717, 1.165) is 0 Å². The molecule has 0 heterocycles. The molecule has 0 rings (SSSR count). The third-order valence-electron chi connectivity index (χ3n) is 1.21. The first-order valence-corrected chi connectivity index (χ1v) is 4.89. The molecule has 0 aliphatic heterocycles. The number of carbonyl (C=O) groups excluding carboxylic acids is 1.